The fourth-order valence-corrected chi connectivity index (χ4v) is 4.15. The summed E-state index contributed by atoms with van der Waals surface area (Å²) < 4.78 is 18.9. The third-order valence-electron chi connectivity index (χ3n) is 5.41. The monoisotopic (exact) mass is 501 g/mol. The van der Waals surface area contributed by atoms with Gasteiger partial charge in [-0.2, -0.15) is 9.78 Å². The predicted octanol–water partition coefficient (Wildman–Crippen LogP) is 6.53. The minimum atomic E-state index is -0.316. The van der Waals surface area contributed by atoms with Crippen molar-refractivity contribution < 1.29 is 13.9 Å². The van der Waals surface area contributed by atoms with Gasteiger partial charge in [-0.15, -0.1) is 0 Å². The zero-order chi connectivity index (χ0) is 25.2. The summed E-state index contributed by atoms with van der Waals surface area (Å²) in [4.78, 5) is 18.2. The van der Waals surface area contributed by atoms with E-state index in [9.17, 15) is 4.79 Å². The Kier molecular flexibility index (Phi) is 6.48. The Bertz CT molecular complexity index is 1620. The smallest absolute Gasteiger partial charge is 0.282 e. The summed E-state index contributed by atoms with van der Waals surface area (Å²) in [5.74, 6) is 1.70. The number of furan rings is 1. The summed E-state index contributed by atoms with van der Waals surface area (Å²) in [5.41, 5.74) is 1.57. The minimum absolute atomic E-state index is 0.0742. The van der Waals surface area contributed by atoms with E-state index in [1.807, 2.05) is 57.2 Å². The Hall–Kier alpha value is -4.10. The van der Waals surface area contributed by atoms with E-state index in [1.54, 1.807) is 30.3 Å². The number of halogens is 1. The third-order valence-corrected chi connectivity index (χ3v) is 5.69. The van der Waals surface area contributed by atoms with Crippen molar-refractivity contribution in [2.45, 2.75) is 26.9 Å². The molecule has 0 atom stereocenters. The van der Waals surface area contributed by atoms with E-state index in [1.165, 1.54) is 10.9 Å². The summed E-state index contributed by atoms with van der Waals surface area (Å²) in [6, 6.07) is 20.1. The van der Waals surface area contributed by atoms with Gasteiger partial charge in [0.05, 0.1) is 34.9 Å². The lowest BCUT2D eigenvalue weighted by molar-refractivity contribution is 0.224. The van der Waals surface area contributed by atoms with Crippen LogP contribution in [0.4, 0.5) is 0 Å². The first-order valence-electron chi connectivity index (χ1n) is 11.6. The first-order valence-corrected chi connectivity index (χ1v) is 12.0. The van der Waals surface area contributed by atoms with Crippen molar-refractivity contribution in [1.29, 1.82) is 0 Å². The quantitative estimate of drug-likeness (QED) is 0.237. The lowest BCUT2D eigenvalue weighted by atomic mass is 10.2. The van der Waals surface area contributed by atoms with Crippen LogP contribution in [-0.4, -0.2) is 28.6 Å². The number of fused-ring (bicyclic) bond motifs is 2. The summed E-state index contributed by atoms with van der Waals surface area (Å²) in [6.45, 7) is 6.16. The van der Waals surface area contributed by atoms with Crippen LogP contribution in [0, 0.1) is 0 Å². The number of benzene rings is 3. The molecule has 0 saturated carbocycles. The van der Waals surface area contributed by atoms with Crippen LogP contribution in [0.2, 0.25) is 5.02 Å². The average molecular weight is 502 g/mol. The Morgan fingerprint density at radius 2 is 1.89 bits per heavy atom. The number of hydrogen-bond donors (Lipinski definition) is 0. The number of para-hydroxylation sites is 2. The maximum Gasteiger partial charge on any atom is 0.282 e. The van der Waals surface area contributed by atoms with Gasteiger partial charge in [0.15, 0.2) is 17.3 Å². The molecule has 0 N–H and O–H groups in total. The Labute approximate surface area is 212 Å². The second-order valence-electron chi connectivity index (χ2n) is 8.39. The molecular formula is C28H24ClN3O4. The molecule has 3 aromatic carbocycles. The van der Waals surface area contributed by atoms with Gasteiger partial charge in [0.1, 0.15) is 5.58 Å². The number of aromatic nitrogens is 2. The third kappa shape index (κ3) is 4.57. The number of hydrogen-bond acceptors (Lipinski definition) is 6. The van der Waals surface area contributed by atoms with Crippen LogP contribution in [0.5, 0.6) is 11.5 Å². The molecule has 182 valence electrons. The molecule has 2 heterocycles. The Balaban J connectivity index is 1.65. The zero-order valence-electron chi connectivity index (χ0n) is 20.1. The van der Waals surface area contributed by atoms with Crippen LogP contribution in [0.25, 0.3) is 33.5 Å². The molecular weight excluding hydrogens is 478 g/mol. The summed E-state index contributed by atoms with van der Waals surface area (Å²) in [7, 11) is 0. The molecule has 0 amide bonds. The highest BCUT2D eigenvalue weighted by Crippen LogP contribution is 2.37. The molecule has 0 unspecified atom stereocenters. The van der Waals surface area contributed by atoms with Crippen molar-refractivity contribution in [3.05, 3.63) is 87.7 Å². The molecule has 0 aliphatic heterocycles. The maximum atomic E-state index is 13.5. The number of rotatable bonds is 7. The normalized spacial score (nSPS) is 11.7. The van der Waals surface area contributed by atoms with Crippen LogP contribution in [0.15, 0.2) is 81.0 Å². The van der Waals surface area contributed by atoms with Crippen molar-refractivity contribution in [3.63, 3.8) is 0 Å². The molecule has 2 aromatic heterocycles. The molecule has 36 heavy (non-hydrogen) atoms. The van der Waals surface area contributed by atoms with Crippen molar-refractivity contribution in [2.75, 3.05) is 6.61 Å². The largest absolute Gasteiger partial charge is 0.490 e. The molecule has 0 spiro atoms. The molecule has 5 aromatic rings. The molecule has 8 heteroatoms. The summed E-state index contributed by atoms with van der Waals surface area (Å²) in [6.07, 6.45) is 1.47. The lowest BCUT2D eigenvalue weighted by Crippen LogP contribution is -2.20. The van der Waals surface area contributed by atoms with Gasteiger partial charge < -0.3 is 13.9 Å². The Morgan fingerprint density at radius 1 is 1.11 bits per heavy atom. The van der Waals surface area contributed by atoms with Gasteiger partial charge in [0.2, 0.25) is 5.82 Å². The zero-order valence-corrected chi connectivity index (χ0v) is 20.8. The number of nitrogens with zero attached hydrogens (tertiary/aromatic N) is 3. The van der Waals surface area contributed by atoms with Crippen LogP contribution in [0.1, 0.15) is 26.3 Å². The van der Waals surface area contributed by atoms with Gasteiger partial charge in [0, 0.05) is 5.39 Å². The molecule has 5 rings (SSSR count). The fraction of sp³-hybridized carbons (Fsp3) is 0.179. The standard InChI is InChI=1S/C28H24ClN3O4/c1-4-34-24-14-18(13-21(29)26(24)35-17(2)3)16-30-32-27(25-15-19-9-5-8-12-23(19)36-25)31-22-11-7-6-10-20(22)28(32)33/h5-17H,4H2,1-3H3. The first kappa shape index (κ1) is 23.6. The van der Waals surface area contributed by atoms with Gasteiger partial charge in [-0.3, -0.25) is 4.79 Å². The van der Waals surface area contributed by atoms with E-state index in [0.29, 0.717) is 56.8 Å². The lowest BCUT2D eigenvalue weighted by Gasteiger charge is -2.16. The van der Waals surface area contributed by atoms with Crippen LogP contribution < -0.4 is 15.0 Å². The minimum Gasteiger partial charge on any atom is -0.490 e. The molecule has 0 fully saturated rings. The average Bonchev–Trinajstić information content (AvgIpc) is 3.30. The molecule has 0 saturated heterocycles. The fourth-order valence-electron chi connectivity index (χ4n) is 3.88. The highest BCUT2D eigenvalue weighted by atomic mass is 35.5. The van der Waals surface area contributed by atoms with Gasteiger partial charge >= 0.3 is 0 Å². The first-order chi connectivity index (χ1) is 17.4. The molecule has 0 bridgehead atoms. The molecule has 0 aliphatic carbocycles. The topological polar surface area (TPSA) is 78.9 Å². The van der Waals surface area contributed by atoms with Gasteiger partial charge in [-0.25, -0.2) is 4.98 Å². The highest BCUT2D eigenvalue weighted by molar-refractivity contribution is 6.32. The van der Waals surface area contributed by atoms with E-state index in [2.05, 4.69) is 5.10 Å². The molecule has 0 aliphatic rings. The summed E-state index contributed by atoms with van der Waals surface area (Å²) >= 11 is 6.52. The number of ether oxygens (including phenoxy) is 2. The van der Waals surface area contributed by atoms with Crippen LogP contribution in [0.3, 0.4) is 0 Å². The Morgan fingerprint density at radius 3 is 2.67 bits per heavy atom. The van der Waals surface area contributed by atoms with E-state index >= 15 is 0 Å². The van der Waals surface area contributed by atoms with E-state index in [0.717, 1.165) is 5.39 Å². The van der Waals surface area contributed by atoms with Crippen molar-refractivity contribution in [3.8, 4) is 23.1 Å². The van der Waals surface area contributed by atoms with E-state index < -0.39 is 0 Å². The predicted molar refractivity (Wildman–Crippen MR) is 143 cm³/mol. The second-order valence-corrected chi connectivity index (χ2v) is 8.80. The summed E-state index contributed by atoms with van der Waals surface area (Å²) in [5, 5.41) is 6.24. The van der Waals surface area contributed by atoms with Gasteiger partial charge in [0.25, 0.3) is 5.56 Å². The van der Waals surface area contributed by atoms with Gasteiger partial charge in [-0.05, 0) is 62.7 Å². The van der Waals surface area contributed by atoms with Crippen molar-refractivity contribution >= 4 is 39.7 Å². The SMILES string of the molecule is CCOc1cc(C=Nn2c(-c3cc4ccccc4o3)nc3ccccc3c2=O)cc(Cl)c1OC(C)C. The van der Waals surface area contributed by atoms with E-state index in [-0.39, 0.29) is 11.7 Å². The van der Waals surface area contributed by atoms with E-state index in [4.69, 9.17) is 30.5 Å². The van der Waals surface area contributed by atoms with Crippen LogP contribution in [-0.2, 0) is 0 Å². The van der Waals surface area contributed by atoms with Crippen molar-refractivity contribution in [1.82, 2.24) is 9.66 Å². The second kappa shape index (κ2) is 9.87. The van der Waals surface area contributed by atoms with Crippen molar-refractivity contribution in [2.24, 2.45) is 5.10 Å². The molecule has 0 radical (unpaired) electrons. The maximum absolute atomic E-state index is 13.5. The molecule has 7 nitrogen and oxygen atoms in total. The highest BCUT2D eigenvalue weighted by Gasteiger charge is 2.17. The van der Waals surface area contributed by atoms with Crippen LogP contribution >= 0.6 is 11.6 Å². The van der Waals surface area contributed by atoms with Gasteiger partial charge in [-0.1, -0.05) is 41.9 Å².